The van der Waals surface area contributed by atoms with Gasteiger partial charge in [0.15, 0.2) is 11.3 Å². The molecule has 1 aliphatic rings. The summed E-state index contributed by atoms with van der Waals surface area (Å²) in [5, 5.41) is 9.28. The molecule has 138 valence electrons. The van der Waals surface area contributed by atoms with Gasteiger partial charge in [-0.2, -0.15) is 4.52 Å². The first-order chi connectivity index (χ1) is 12.6. The zero-order valence-corrected chi connectivity index (χ0v) is 15.7. The van der Waals surface area contributed by atoms with Gasteiger partial charge in [0.1, 0.15) is 5.82 Å². The van der Waals surface area contributed by atoms with E-state index in [0.717, 1.165) is 79.7 Å². The number of nitrogens with one attached hydrogen (secondary N) is 1. The van der Waals surface area contributed by atoms with Crippen LogP contribution in [-0.4, -0.2) is 63.9 Å². The van der Waals surface area contributed by atoms with Crippen molar-refractivity contribution >= 4 is 22.5 Å². The number of pyridine rings is 1. The standard InChI is InChI=1S/C19H26N6O/c1-13-11-14(2)21-18-17(13)19-22-15(3)12-16(25(19)23-18)20-5-4-6-24-7-9-26-10-8-24/h11-12,20H,4-10H2,1-3H3. The van der Waals surface area contributed by atoms with Gasteiger partial charge in [-0.25, -0.2) is 9.97 Å². The van der Waals surface area contributed by atoms with Crippen molar-refractivity contribution in [3.8, 4) is 0 Å². The normalized spacial score (nSPS) is 15.8. The van der Waals surface area contributed by atoms with E-state index < -0.39 is 0 Å². The number of hydrogen-bond donors (Lipinski definition) is 1. The van der Waals surface area contributed by atoms with E-state index in [1.165, 1.54) is 5.56 Å². The summed E-state index contributed by atoms with van der Waals surface area (Å²) in [6, 6.07) is 4.14. The summed E-state index contributed by atoms with van der Waals surface area (Å²) in [7, 11) is 0. The fourth-order valence-electron chi connectivity index (χ4n) is 3.61. The molecule has 1 aliphatic heterocycles. The highest BCUT2D eigenvalue weighted by Gasteiger charge is 2.14. The second kappa shape index (κ2) is 7.17. The lowest BCUT2D eigenvalue weighted by Gasteiger charge is -2.26. The maximum Gasteiger partial charge on any atom is 0.184 e. The summed E-state index contributed by atoms with van der Waals surface area (Å²) >= 11 is 0. The third kappa shape index (κ3) is 3.37. The van der Waals surface area contributed by atoms with Gasteiger partial charge in [-0.1, -0.05) is 0 Å². The molecule has 26 heavy (non-hydrogen) atoms. The van der Waals surface area contributed by atoms with Crippen molar-refractivity contribution in [3.63, 3.8) is 0 Å². The molecule has 0 spiro atoms. The smallest absolute Gasteiger partial charge is 0.184 e. The van der Waals surface area contributed by atoms with Crippen molar-refractivity contribution in [2.75, 3.05) is 44.7 Å². The number of aryl methyl sites for hydroxylation is 3. The van der Waals surface area contributed by atoms with Gasteiger partial charge in [-0.05, 0) is 45.4 Å². The fourth-order valence-corrected chi connectivity index (χ4v) is 3.61. The Kier molecular flexibility index (Phi) is 4.74. The Balaban J connectivity index is 1.55. The Hall–Kier alpha value is -2.25. The number of nitrogens with zero attached hydrogens (tertiary/aromatic N) is 5. The first kappa shape index (κ1) is 17.2. The number of aromatic nitrogens is 4. The predicted molar refractivity (Wildman–Crippen MR) is 103 cm³/mol. The lowest BCUT2D eigenvalue weighted by Crippen LogP contribution is -2.37. The van der Waals surface area contributed by atoms with E-state index in [-0.39, 0.29) is 0 Å². The van der Waals surface area contributed by atoms with Crippen molar-refractivity contribution in [1.29, 1.82) is 0 Å². The highest BCUT2D eigenvalue weighted by molar-refractivity contribution is 5.93. The van der Waals surface area contributed by atoms with Gasteiger partial charge < -0.3 is 10.1 Å². The molecule has 7 heteroatoms. The average Bonchev–Trinajstić information content (AvgIpc) is 2.97. The summed E-state index contributed by atoms with van der Waals surface area (Å²) in [6.07, 6.45) is 1.08. The lowest BCUT2D eigenvalue weighted by atomic mass is 10.2. The fraction of sp³-hybridized carbons (Fsp3) is 0.526. The molecule has 0 saturated carbocycles. The Morgan fingerprint density at radius 2 is 1.85 bits per heavy atom. The van der Waals surface area contributed by atoms with Gasteiger partial charge in [0.05, 0.1) is 18.6 Å². The molecule has 4 heterocycles. The summed E-state index contributed by atoms with van der Waals surface area (Å²) in [6.45, 7) is 11.9. The van der Waals surface area contributed by atoms with Crippen LogP contribution in [0.3, 0.4) is 0 Å². The van der Waals surface area contributed by atoms with E-state index in [1.54, 1.807) is 0 Å². The number of rotatable bonds is 5. The van der Waals surface area contributed by atoms with Gasteiger partial charge >= 0.3 is 0 Å². The molecule has 0 aromatic carbocycles. The van der Waals surface area contributed by atoms with Crippen molar-refractivity contribution in [2.24, 2.45) is 0 Å². The molecule has 0 atom stereocenters. The van der Waals surface area contributed by atoms with Crippen LogP contribution >= 0.6 is 0 Å². The molecule has 0 radical (unpaired) electrons. The van der Waals surface area contributed by atoms with Gasteiger partial charge in [0.2, 0.25) is 0 Å². The van der Waals surface area contributed by atoms with E-state index in [1.807, 2.05) is 18.4 Å². The van der Waals surface area contributed by atoms with Crippen LogP contribution in [0.1, 0.15) is 23.4 Å². The van der Waals surface area contributed by atoms with E-state index in [4.69, 9.17) is 14.8 Å². The Labute approximate surface area is 153 Å². The monoisotopic (exact) mass is 354 g/mol. The van der Waals surface area contributed by atoms with E-state index in [2.05, 4.69) is 34.3 Å². The Morgan fingerprint density at radius 1 is 1.08 bits per heavy atom. The van der Waals surface area contributed by atoms with Crippen LogP contribution in [0.15, 0.2) is 12.1 Å². The van der Waals surface area contributed by atoms with Crippen LogP contribution in [-0.2, 0) is 4.74 Å². The average molecular weight is 354 g/mol. The topological polar surface area (TPSA) is 67.6 Å². The van der Waals surface area contributed by atoms with Crippen molar-refractivity contribution in [1.82, 2.24) is 24.5 Å². The highest BCUT2D eigenvalue weighted by atomic mass is 16.5. The quantitative estimate of drug-likeness (QED) is 0.710. The molecule has 4 rings (SSSR count). The first-order valence-electron chi connectivity index (χ1n) is 9.30. The minimum absolute atomic E-state index is 0.761. The summed E-state index contributed by atoms with van der Waals surface area (Å²) in [5.41, 5.74) is 4.77. The van der Waals surface area contributed by atoms with Crippen molar-refractivity contribution in [3.05, 3.63) is 29.1 Å². The molecule has 0 unspecified atom stereocenters. The zero-order valence-electron chi connectivity index (χ0n) is 15.7. The Bertz CT molecular complexity index is 929. The van der Waals surface area contributed by atoms with Crippen molar-refractivity contribution < 1.29 is 4.74 Å². The van der Waals surface area contributed by atoms with Crippen LogP contribution in [0, 0.1) is 20.8 Å². The van der Waals surface area contributed by atoms with Gasteiger partial charge in [0, 0.05) is 37.1 Å². The molecular weight excluding hydrogens is 328 g/mol. The maximum atomic E-state index is 5.40. The first-order valence-corrected chi connectivity index (χ1v) is 9.30. The summed E-state index contributed by atoms with van der Waals surface area (Å²) < 4.78 is 7.30. The van der Waals surface area contributed by atoms with Crippen LogP contribution in [0.2, 0.25) is 0 Å². The van der Waals surface area contributed by atoms with Gasteiger partial charge in [-0.3, -0.25) is 4.90 Å². The SMILES string of the molecule is Cc1cc(C)c2c(n1)nn1c(NCCCN3CCOCC3)cc(C)nc21. The highest BCUT2D eigenvalue weighted by Crippen LogP contribution is 2.24. The molecule has 7 nitrogen and oxygen atoms in total. The summed E-state index contributed by atoms with van der Waals surface area (Å²) in [5.74, 6) is 0.976. The predicted octanol–water partition coefficient (Wildman–Crippen LogP) is 2.34. The molecule has 1 saturated heterocycles. The number of morpholine rings is 1. The lowest BCUT2D eigenvalue weighted by molar-refractivity contribution is 0.0378. The van der Waals surface area contributed by atoms with Crippen LogP contribution in [0.4, 0.5) is 5.82 Å². The van der Waals surface area contributed by atoms with Gasteiger partial charge in [0.25, 0.3) is 0 Å². The molecule has 3 aromatic rings. The van der Waals surface area contributed by atoms with E-state index >= 15 is 0 Å². The second-order valence-electron chi connectivity index (χ2n) is 7.03. The largest absolute Gasteiger partial charge is 0.379 e. The molecule has 0 amide bonds. The molecule has 3 aromatic heterocycles. The minimum atomic E-state index is 0.761. The van der Waals surface area contributed by atoms with Crippen LogP contribution in [0.5, 0.6) is 0 Å². The number of ether oxygens (including phenoxy) is 1. The third-order valence-electron chi connectivity index (χ3n) is 4.86. The van der Waals surface area contributed by atoms with Crippen LogP contribution < -0.4 is 5.32 Å². The third-order valence-corrected chi connectivity index (χ3v) is 4.86. The second-order valence-corrected chi connectivity index (χ2v) is 7.03. The maximum absolute atomic E-state index is 5.40. The van der Waals surface area contributed by atoms with Crippen molar-refractivity contribution in [2.45, 2.75) is 27.2 Å². The molecule has 0 bridgehead atoms. The molecule has 1 fully saturated rings. The molecule has 1 N–H and O–H groups in total. The minimum Gasteiger partial charge on any atom is -0.379 e. The zero-order chi connectivity index (χ0) is 18.1. The number of hydrogen-bond acceptors (Lipinski definition) is 6. The summed E-state index contributed by atoms with van der Waals surface area (Å²) in [4.78, 5) is 11.8. The molecule has 0 aliphatic carbocycles. The van der Waals surface area contributed by atoms with Crippen LogP contribution in [0.25, 0.3) is 16.7 Å². The van der Waals surface area contributed by atoms with Gasteiger partial charge in [-0.15, -0.1) is 5.10 Å². The van der Waals surface area contributed by atoms with E-state index in [0.29, 0.717) is 0 Å². The Morgan fingerprint density at radius 3 is 2.65 bits per heavy atom. The van der Waals surface area contributed by atoms with E-state index in [9.17, 15) is 0 Å². The molecular formula is C19H26N6O. The number of fused-ring (bicyclic) bond motifs is 3. The number of anilines is 1.